The molecule has 0 spiro atoms. The molecule has 1 aliphatic heterocycles. The molecule has 6 nitrogen and oxygen atoms in total. The average molecular weight is 465 g/mol. The summed E-state index contributed by atoms with van der Waals surface area (Å²) in [6.07, 6.45) is 3.67. The SMILES string of the molecule is O=C(Nc1ccc(S(=O)(=O)N2CCCCC2)cc1)c1ccc(OCCc2ccccc2)cc1. The molecule has 4 rings (SSSR count). The predicted octanol–water partition coefficient (Wildman–Crippen LogP) is 4.74. The van der Waals surface area contributed by atoms with Crippen molar-refractivity contribution < 1.29 is 17.9 Å². The lowest BCUT2D eigenvalue weighted by Gasteiger charge is -2.25. The molecule has 1 amide bonds. The molecule has 0 atom stereocenters. The molecule has 3 aromatic rings. The zero-order valence-electron chi connectivity index (χ0n) is 18.4. The van der Waals surface area contributed by atoms with Crippen molar-refractivity contribution in [2.75, 3.05) is 25.0 Å². The molecular weight excluding hydrogens is 436 g/mol. The van der Waals surface area contributed by atoms with Crippen LogP contribution in [0.4, 0.5) is 5.69 Å². The molecule has 33 heavy (non-hydrogen) atoms. The fourth-order valence-corrected chi connectivity index (χ4v) is 5.32. The van der Waals surface area contributed by atoms with Gasteiger partial charge in [0.2, 0.25) is 10.0 Å². The Morgan fingerprint density at radius 2 is 1.52 bits per heavy atom. The number of ether oxygens (including phenoxy) is 1. The van der Waals surface area contributed by atoms with E-state index < -0.39 is 10.0 Å². The van der Waals surface area contributed by atoms with Crippen molar-refractivity contribution >= 4 is 21.6 Å². The van der Waals surface area contributed by atoms with Gasteiger partial charge in [0.05, 0.1) is 11.5 Å². The number of nitrogens with one attached hydrogen (secondary N) is 1. The Balaban J connectivity index is 1.31. The van der Waals surface area contributed by atoms with Gasteiger partial charge in [-0.2, -0.15) is 4.31 Å². The maximum atomic E-state index is 12.8. The third-order valence-corrected chi connectivity index (χ3v) is 7.60. The van der Waals surface area contributed by atoms with Gasteiger partial charge in [0.25, 0.3) is 5.91 Å². The first-order chi connectivity index (χ1) is 16.0. The summed E-state index contributed by atoms with van der Waals surface area (Å²) in [4.78, 5) is 12.8. The zero-order valence-corrected chi connectivity index (χ0v) is 19.3. The molecule has 1 N–H and O–H groups in total. The summed E-state index contributed by atoms with van der Waals surface area (Å²) >= 11 is 0. The molecule has 1 heterocycles. The summed E-state index contributed by atoms with van der Waals surface area (Å²) in [6, 6.07) is 23.4. The fraction of sp³-hybridized carbons (Fsp3) is 0.269. The van der Waals surface area contributed by atoms with Gasteiger partial charge in [-0.3, -0.25) is 4.79 Å². The van der Waals surface area contributed by atoms with Crippen molar-refractivity contribution in [3.8, 4) is 5.75 Å². The van der Waals surface area contributed by atoms with E-state index in [2.05, 4.69) is 17.4 Å². The molecule has 7 heteroatoms. The lowest BCUT2D eigenvalue weighted by Crippen LogP contribution is -2.35. The summed E-state index contributed by atoms with van der Waals surface area (Å²) in [5.74, 6) is 0.437. The molecule has 0 saturated carbocycles. The number of anilines is 1. The van der Waals surface area contributed by atoms with Gasteiger partial charge in [0.1, 0.15) is 5.75 Å². The first-order valence-corrected chi connectivity index (χ1v) is 12.6. The van der Waals surface area contributed by atoms with Gasteiger partial charge >= 0.3 is 0 Å². The van der Waals surface area contributed by atoms with Crippen LogP contribution < -0.4 is 10.1 Å². The third-order valence-electron chi connectivity index (χ3n) is 5.68. The Labute approximate surface area is 195 Å². The number of benzene rings is 3. The monoisotopic (exact) mass is 464 g/mol. The third kappa shape index (κ3) is 6.00. The highest BCUT2D eigenvalue weighted by Crippen LogP contribution is 2.22. The summed E-state index contributed by atoms with van der Waals surface area (Å²) < 4.78 is 32.8. The van der Waals surface area contributed by atoms with Gasteiger partial charge in [-0.25, -0.2) is 8.42 Å². The van der Waals surface area contributed by atoms with Gasteiger partial charge in [0, 0.05) is 30.8 Å². The van der Waals surface area contributed by atoms with E-state index in [-0.39, 0.29) is 10.8 Å². The number of carbonyl (C=O) groups excluding carboxylic acids is 1. The van der Waals surface area contributed by atoms with Gasteiger partial charge in [0.15, 0.2) is 0 Å². The predicted molar refractivity (Wildman–Crippen MR) is 129 cm³/mol. The van der Waals surface area contributed by atoms with E-state index >= 15 is 0 Å². The minimum absolute atomic E-state index is 0.249. The lowest BCUT2D eigenvalue weighted by atomic mass is 10.2. The smallest absolute Gasteiger partial charge is 0.255 e. The van der Waals surface area contributed by atoms with Gasteiger partial charge in [-0.15, -0.1) is 0 Å². The highest BCUT2D eigenvalue weighted by Gasteiger charge is 2.25. The van der Waals surface area contributed by atoms with E-state index in [1.54, 1.807) is 48.5 Å². The summed E-state index contributed by atoms with van der Waals surface area (Å²) in [7, 11) is -3.48. The lowest BCUT2D eigenvalue weighted by molar-refractivity contribution is 0.102. The molecule has 1 saturated heterocycles. The molecule has 0 aliphatic carbocycles. The van der Waals surface area contributed by atoms with Crippen LogP contribution >= 0.6 is 0 Å². The van der Waals surface area contributed by atoms with Crippen LogP contribution in [0.5, 0.6) is 5.75 Å². The highest BCUT2D eigenvalue weighted by molar-refractivity contribution is 7.89. The first-order valence-electron chi connectivity index (χ1n) is 11.2. The minimum atomic E-state index is -3.48. The number of hydrogen-bond acceptors (Lipinski definition) is 4. The molecule has 3 aromatic carbocycles. The number of piperidine rings is 1. The Hall–Kier alpha value is -3.16. The van der Waals surface area contributed by atoms with E-state index in [4.69, 9.17) is 4.74 Å². The van der Waals surface area contributed by atoms with E-state index in [0.29, 0.717) is 36.7 Å². The number of nitrogens with zero attached hydrogens (tertiary/aromatic N) is 1. The molecule has 0 unspecified atom stereocenters. The van der Waals surface area contributed by atoms with Crippen molar-refractivity contribution in [3.05, 3.63) is 90.0 Å². The number of rotatable bonds is 8. The van der Waals surface area contributed by atoms with E-state index in [9.17, 15) is 13.2 Å². The Morgan fingerprint density at radius 3 is 2.18 bits per heavy atom. The number of sulfonamides is 1. The van der Waals surface area contributed by atoms with E-state index in [1.165, 1.54) is 9.87 Å². The second-order valence-corrected chi connectivity index (χ2v) is 9.99. The summed E-state index contributed by atoms with van der Waals surface area (Å²) in [6.45, 7) is 1.68. The van der Waals surface area contributed by atoms with Crippen LogP contribution in [-0.2, 0) is 16.4 Å². The minimum Gasteiger partial charge on any atom is -0.493 e. The quantitative estimate of drug-likeness (QED) is 0.523. The Kier molecular flexibility index (Phi) is 7.42. The molecule has 0 aromatic heterocycles. The van der Waals surface area contributed by atoms with Crippen molar-refractivity contribution in [1.82, 2.24) is 4.31 Å². The van der Waals surface area contributed by atoms with Crippen LogP contribution in [0.2, 0.25) is 0 Å². The maximum absolute atomic E-state index is 12.8. The standard InChI is InChI=1S/C26H28N2O4S/c29-26(22-9-13-24(14-10-22)32-20-17-21-7-3-1-4-8-21)27-23-11-15-25(16-12-23)33(30,31)28-18-5-2-6-19-28/h1,3-4,7-16H,2,5-6,17-20H2,(H,27,29). The van der Waals surface area contributed by atoms with Gasteiger partial charge in [-0.05, 0) is 66.9 Å². The molecule has 1 aliphatic rings. The van der Waals surface area contributed by atoms with E-state index in [0.717, 1.165) is 25.7 Å². The summed E-state index contributed by atoms with van der Waals surface area (Å²) in [5.41, 5.74) is 2.25. The first kappa shape index (κ1) is 23.0. The Morgan fingerprint density at radius 1 is 0.848 bits per heavy atom. The van der Waals surface area contributed by atoms with Crippen molar-refractivity contribution in [1.29, 1.82) is 0 Å². The fourth-order valence-electron chi connectivity index (χ4n) is 3.80. The van der Waals surface area contributed by atoms with Gasteiger partial charge in [-0.1, -0.05) is 36.8 Å². The summed E-state index contributed by atoms with van der Waals surface area (Å²) in [5, 5.41) is 2.81. The topological polar surface area (TPSA) is 75.7 Å². The van der Waals surface area contributed by atoms with Crippen molar-refractivity contribution in [2.24, 2.45) is 0 Å². The van der Waals surface area contributed by atoms with Gasteiger partial charge < -0.3 is 10.1 Å². The average Bonchev–Trinajstić information content (AvgIpc) is 2.86. The second kappa shape index (κ2) is 10.6. The normalized spacial score (nSPS) is 14.5. The molecular formula is C26H28N2O4S. The second-order valence-electron chi connectivity index (χ2n) is 8.05. The van der Waals surface area contributed by atoms with Crippen LogP contribution in [0.1, 0.15) is 35.2 Å². The largest absolute Gasteiger partial charge is 0.493 e. The highest BCUT2D eigenvalue weighted by atomic mass is 32.2. The van der Waals surface area contributed by atoms with Crippen molar-refractivity contribution in [2.45, 2.75) is 30.6 Å². The Bertz CT molecular complexity index is 1160. The molecule has 172 valence electrons. The van der Waals surface area contributed by atoms with Crippen LogP contribution in [0.3, 0.4) is 0 Å². The molecule has 0 radical (unpaired) electrons. The van der Waals surface area contributed by atoms with Crippen LogP contribution in [0, 0.1) is 0 Å². The van der Waals surface area contributed by atoms with Crippen LogP contribution in [0.25, 0.3) is 0 Å². The number of hydrogen-bond donors (Lipinski definition) is 1. The van der Waals surface area contributed by atoms with Crippen LogP contribution in [0.15, 0.2) is 83.8 Å². The van der Waals surface area contributed by atoms with Crippen LogP contribution in [-0.4, -0.2) is 38.3 Å². The molecule has 1 fully saturated rings. The van der Waals surface area contributed by atoms with Crippen molar-refractivity contribution in [3.63, 3.8) is 0 Å². The maximum Gasteiger partial charge on any atom is 0.255 e. The number of carbonyl (C=O) groups is 1. The molecule has 0 bridgehead atoms. The number of amides is 1. The van der Waals surface area contributed by atoms with E-state index in [1.807, 2.05) is 18.2 Å². The zero-order chi connectivity index (χ0) is 23.1.